The van der Waals surface area contributed by atoms with E-state index in [-0.39, 0.29) is 22.7 Å². The molecule has 2 N–H and O–H groups in total. The molecule has 1 aromatic carbocycles. The Bertz CT molecular complexity index is 491. The first-order valence-electron chi connectivity index (χ1n) is 5.82. The van der Waals surface area contributed by atoms with Crippen LogP contribution in [0.1, 0.15) is 20.8 Å². The van der Waals surface area contributed by atoms with Crippen molar-refractivity contribution in [3.63, 3.8) is 0 Å². The second kappa shape index (κ2) is 6.38. The SMILES string of the molecule is CC(C)NC(=O)C(C)Nc1ccc([N+](=O)[O-])cc1Cl. The first-order valence-corrected chi connectivity index (χ1v) is 6.20. The lowest BCUT2D eigenvalue weighted by atomic mass is 10.2. The fraction of sp³-hybridized carbons (Fsp3) is 0.417. The van der Waals surface area contributed by atoms with E-state index >= 15 is 0 Å². The number of benzene rings is 1. The largest absolute Gasteiger partial charge is 0.373 e. The van der Waals surface area contributed by atoms with Crippen LogP contribution in [-0.4, -0.2) is 22.9 Å². The molecule has 0 aromatic heterocycles. The molecule has 0 heterocycles. The molecule has 0 bridgehead atoms. The van der Waals surface area contributed by atoms with Crippen LogP contribution in [0.2, 0.25) is 5.02 Å². The maximum absolute atomic E-state index is 11.7. The zero-order valence-corrected chi connectivity index (χ0v) is 11.7. The summed E-state index contributed by atoms with van der Waals surface area (Å²) < 4.78 is 0. The maximum atomic E-state index is 11.7. The molecule has 0 aliphatic rings. The van der Waals surface area contributed by atoms with Gasteiger partial charge in [-0.3, -0.25) is 14.9 Å². The molecular formula is C12H16ClN3O3. The number of amides is 1. The molecule has 0 saturated carbocycles. The molecule has 1 amide bonds. The van der Waals surface area contributed by atoms with Crippen LogP contribution in [0.3, 0.4) is 0 Å². The Kier molecular flexibility index (Phi) is 5.11. The summed E-state index contributed by atoms with van der Waals surface area (Å²) in [6, 6.07) is 3.63. The Balaban J connectivity index is 2.77. The first kappa shape index (κ1) is 15.2. The number of non-ortho nitro benzene ring substituents is 1. The van der Waals surface area contributed by atoms with Crippen LogP contribution in [0.4, 0.5) is 11.4 Å². The minimum atomic E-state index is -0.523. The smallest absolute Gasteiger partial charge is 0.271 e. The Morgan fingerprint density at radius 3 is 2.47 bits per heavy atom. The number of hydrogen-bond donors (Lipinski definition) is 2. The van der Waals surface area contributed by atoms with Gasteiger partial charge in [-0.25, -0.2) is 0 Å². The van der Waals surface area contributed by atoms with E-state index in [2.05, 4.69) is 10.6 Å². The van der Waals surface area contributed by atoms with Crippen molar-refractivity contribution < 1.29 is 9.72 Å². The molecule has 0 fully saturated rings. The fourth-order valence-corrected chi connectivity index (χ4v) is 1.67. The molecule has 1 unspecified atom stereocenters. The number of carbonyl (C=O) groups excluding carboxylic acids is 1. The van der Waals surface area contributed by atoms with Crippen molar-refractivity contribution in [1.29, 1.82) is 0 Å². The van der Waals surface area contributed by atoms with E-state index < -0.39 is 11.0 Å². The summed E-state index contributed by atoms with van der Waals surface area (Å²) in [6.45, 7) is 5.42. The predicted octanol–water partition coefficient (Wildman–Crippen LogP) is 2.57. The van der Waals surface area contributed by atoms with Crippen LogP contribution in [0.15, 0.2) is 18.2 Å². The van der Waals surface area contributed by atoms with Gasteiger partial charge in [0, 0.05) is 18.2 Å². The van der Waals surface area contributed by atoms with Gasteiger partial charge in [0.15, 0.2) is 0 Å². The highest BCUT2D eigenvalue weighted by Gasteiger charge is 2.16. The molecule has 1 atom stereocenters. The highest BCUT2D eigenvalue weighted by molar-refractivity contribution is 6.33. The number of rotatable bonds is 5. The molecule has 0 spiro atoms. The standard InChI is InChI=1S/C12H16ClN3O3/c1-7(2)14-12(17)8(3)15-11-5-4-9(16(18)19)6-10(11)13/h4-8,15H,1-3H3,(H,14,17). The maximum Gasteiger partial charge on any atom is 0.271 e. The number of nitrogens with one attached hydrogen (secondary N) is 2. The van der Waals surface area contributed by atoms with Crippen molar-refractivity contribution in [3.8, 4) is 0 Å². The zero-order chi connectivity index (χ0) is 14.6. The van der Waals surface area contributed by atoms with Gasteiger partial charge >= 0.3 is 0 Å². The topological polar surface area (TPSA) is 84.3 Å². The van der Waals surface area contributed by atoms with Crippen molar-refractivity contribution in [1.82, 2.24) is 5.32 Å². The quantitative estimate of drug-likeness (QED) is 0.643. The number of nitro groups is 1. The molecule has 6 nitrogen and oxygen atoms in total. The van der Waals surface area contributed by atoms with Gasteiger partial charge < -0.3 is 10.6 Å². The Morgan fingerprint density at radius 2 is 2.00 bits per heavy atom. The Labute approximate surface area is 116 Å². The lowest BCUT2D eigenvalue weighted by Gasteiger charge is -2.17. The van der Waals surface area contributed by atoms with Crippen molar-refractivity contribution in [2.24, 2.45) is 0 Å². The van der Waals surface area contributed by atoms with Gasteiger partial charge in [0.05, 0.1) is 15.6 Å². The monoisotopic (exact) mass is 285 g/mol. The van der Waals surface area contributed by atoms with E-state index in [1.165, 1.54) is 18.2 Å². The summed E-state index contributed by atoms with van der Waals surface area (Å²) in [5.74, 6) is -0.163. The van der Waals surface area contributed by atoms with Crippen LogP contribution in [0, 0.1) is 10.1 Å². The minimum Gasteiger partial charge on any atom is -0.373 e. The van der Waals surface area contributed by atoms with Crippen molar-refractivity contribution >= 4 is 28.9 Å². The predicted molar refractivity (Wildman–Crippen MR) is 74.5 cm³/mol. The molecule has 7 heteroatoms. The third kappa shape index (κ3) is 4.40. The molecule has 104 valence electrons. The molecule has 0 aliphatic carbocycles. The lowest BCUT2D eigenvalue weighted by Crippen LogP contribution is -2.41. The van der Waals surface area contributed by atoms with Crippen LogP contribution < -0.4 is 10.6 Å². The second-order valence-corrected chi connectivity index (χ2v) is 4.86. The number of hydrogen-bond acceptors (Lipinski definition) is 4. The number of nitro benzene ring substituents is 1. The van der Waals surface area contributed by atoms with Crippen molar-refractivity contribution in [3.05, 3.63) is 33.3 Å². The molecule has 1 rings (SSSR count). The van der Waals surface area contributed by atoms with Crippen LogP contribution in [-0.2, 0) is 4.79 Å². The highest BCUT2D eigenvalue weighted by atomic mass is 35.5. The molecule has 1 aromatic rings. The third-order valence-corrected chi connectivity index (χ3v) is 2.67. The van der Waals surface area contributed by atoms with Crippen LogP contribution in [0.25, 0.3) is 0 Å². The van der Waals surface area contributed by atoms with Gasteiger partial charge in [-0.1, -0.05) is 11.6 Å². The van der Waals surface area contributed by atoms with E-state index in [1.54, 1.807) is 6.92 Å². The van der Waals surface area contributed by atoms with Crippen LogP contribution >= 0.6 is 11.6 Å². The molecule has 0 saturated heterocycles. The van der Waals surface area contributed by atoms with E-state index in [0.717, 1.165) is 0 Å². The molecule has 19 heavy (non-hydrogen) atoms. The molecular weight excluding hydrogens is 270 g/mol. The fourth-order valence-electron chi connectivity index (χ4n) is 1.44. The number of carbonyl (C=O) groups is 1. The lowest BCUT2D eigenvalue weighted by molar-refractivity contribution is -0.384. The molecule has 0 radical (unpaired) electrons. The van der Waals surface area contributed by atoms with Crippen molar-refractivity contribution in [2.45, 2.75) is 32.9 Å². The molecule has 0 aliphatic heterocycles. The van der Waals surface area contributed by atoms with E-state index in [4.69, 9.17) is 11.6 Å². The van der Waals surface area contributed by atoms with Gasteiger partial charge in [-0.05, 0) is 26.8 Å². The summed E-state index contributed by atoms with van der Waals surface area (Å²) in [6.07, 6.45) is 0. The second-order valence-electron chi connectivity index (χ2n) is 4.45. The zero-order valence-electron chi connectivity index (χ0n) is 10.9. The van der Waals surface area contributed by atoms with E-state index in [1.807, 2.05) is 13.8 Å². The Hall–Kier alpha value is -1.82. The Morgan fingerprint density at radius 1 is 1.37 bits per heavy atom. The summed E-state index contributed by atoms with van der Waals surface area (Å²) in [5, 5.41) is 16.5. The number of anilines is 1. The van der Waals surface area contributed by atoms with Gasteiger partial charge in [0.2, 0.25) is 5.91 Å². The highest BCUT2D eigenvalue weighted by Crippen LogP contribution is 2.27. The third-order valence-electron chi connectivity index (χ3n) is 2.36. The van der Waals surface area contributed by atoms with Crippen LogP contribution in [0.5, 0.6) is 0 Å². The van der Waals surface area contributed by atoms with E-state index in [9.17, 15) is 14.9 Å². The van der Waals surface area contributed by atoms with E-state index in [0.29, 0.717) is 5.69 Å². The van der Waals surface area contributed by atoms with Gasteiger partial charge in [0.25, 0.3) is 5.69 Å². The van der Waals surface area contributed by atoms with Gasteiger partial charge in [-0.2, -0.15) is 0 Å². The number of nitrogens with zero attached hydrogens (tertiary/aromatic N) is 1. The normalized spacial score (nSPS) is 12.1. The summed E-state index contributed by atoms with van der Waals surface area (Å²) in [7, 11) is 0. The minimum absolute atomic E-state index is 0.0454. The summed E-state index contributed by atoms with van der Waals surface area (Å²) >= 11 is 5.93. The first-order chi connectivity index (χ1) is 8.81. The van der Waals surface area contributed by atoms with Crippen molar-refractivity contribution in [2.75, 3.05) is 5.32 Å². The summed E-state index contributed by atoms with van der Waals surface area (Å²) in [5.41, 5.74) is 0.397. The van der Waals surface area contributed by atoms with Gasteiger partial charge in [0.1, 0.15) is 6.04 Å². The number of halogens is 1. The average molecular weight is 286 g/mol. The van der Waals surface area contributed by atoms with Gasteiger partial charge in [-0.15, -0.1) is 0 Å². The summed E-state index contributed by atoms with van der Waals surface area (Å²) in [4.78, 5) is 21.8. The average Bonchev–Trinajstić information content (AvgIpc) is 2.30.